The number of alkyl halides is 3. The number of nitrogens with zero attached hydrogens (tertiary/aromatic N) is 4. The van der Waals surface area contributed by atoms with Crippen LogP contribution in [0, 0.1) is 0 Å². The van der Waals surface area contributed by atoms with Crippen LogP contribution in [0.15, 0.2) is 36.7 Å². The minimum absolute atomic E-state index is 0.283. The maximum atomic E-state index is 12.9. The van der Waals surface area contributed by atoms with E-state index in [-0.39, 0.29) is 12.6 Å². The van der Waals surface area contributed by atoms with Crippen LogP contribution < -0.4 is 10.1 Å². The van der Waals surface area contributed by atoms with Crippen LogP contribution >= 0.6 is 11.3 Å². The van der Waals surface area contributed by atoms with Gasteiger partial charge in [-0.2, -0.15) is 18.2 Å². The molecule has 1 N–H and O–H groups in total. The molecule has 2 amide bonds. The first-order valence-electron chi connectivity index (χ1n) is 8.93. The zero-order chi connectivity index (χ0) is 21.3. The van der Waals surface area contributed by atoms with Crippen molar-refractivity contribution in [3.05, 3.63) is 47.8 Å². The van der Waals surface area contributed by atoms with Crippen molar-refractivity contribution < 1.29 is 22.7 Å². The van der Waals surface area contributed by atoms with Gasteiger partial charge in [0.15, 0.2) is 15.5 Å². The van der Waals surface area contributed by atoms with Gasteiger partial charge in [0.1, 0.15) is 6.33 Å². The number of hydrogen-bond donors (Lipinski definition) is 1. The van der Waals surface area contributed by atoms with Gasteiger partial charge in [0.05, 0.1) is 12.7 Å². The number of thiazole rings is 1. The number of hydrogen-bond acceptors (Lipinski definition) is 6. The molecule has 3 aromatic rings. The Hall–Kier alpha value is -3.21. The predicted octanol–water partition coefficient (Wildman–Crippen LogP) is 4.43. The van der Waals surface area contributed by atoms with Crippen molar-refractivity contribution in [2.45, 2.75) is 12.6 Å². The van der Waals surface area contributed by atoms with Gasteiger partial charge in [0.25, 0.3) is 0 Å². The lowest BCUT2D eigenvalue weighted by atomic mass is 9.98. The first-order chi connectivity index (χ1) is 14.3. The number of benzene rings is 1. The van der Waals surface area contributed by atoms with Crippen LogP contribution in [-0.2, 0) is 6.18 Å². The summed E-state index contributed by atoms with van der Waals surface area (Å²) in [5.41, 5.74) is 1.08. The average Bonchev–Trinajstić information content (AvgIpc) is 3.15. The van der Waals surface area contributed by atoms with Crippen LogP contribution in [0.1, 0.15) is 17.5 Å². The van der Waals surface area contributed by atoms with Gasteiger partial charge in [0.2, 0.25) is 5.88 Å². The first kappa shape index (κ1) is 20.1. The number of ether oxygens (including phenoxy) is 1. The molecule has 0 unspecified atom stereocenters. The quantitative estimate of drug-likeness (QED) is 0.658. The van der Waals surface area contributed by atoms with E-state index in [1.165, 1.54) is 30.8 Å². The Morgan fingerprint density at radius 2 is 2.13 bits per heavy atom. The minimum Gasteiger partial charge on any atom is -0.479 e. The summed E-state index contributed by atoms with van der Waals surface area (Å²) in [4.78, 5) is 27.1. The van der Waals surface area contributed by atoms with Crippen LogP contribution in [0.5, 0.6) is 5.88 Å². The number of halogens is 3. The van der Waals surface area contributed by atoms with Gasteiger partial charge in [-0.25, -0.2) is 14.8 Å². The van der Waals surface area contributed by atoms with Gasteiger partial charge in [-0.1, -0.05) is 29.5 Å². The Balaban J connectivity index is 1.45. The molecule has 30 heavy (non-hydrogen) atoms. The molecule has 1 aromatic carbocycles. The predicted molar refractivity (Wildman–Crippen MR) is 106 cm³/mol. The fraction of sp³-hybridized carbons (Fsp3) is 0.263. The molecule has 1 aliphatic heterocycles. The third-order valence-corrected chi connectivity index (χ3v) is 5.50. The standard InChI is InChI=1S/C19H16F3N5O2S/c1-29-15-14-16(24-10-23-15)30-17(25-14)26-18(28)27-7-5-11(6-8-27)12-3-2-4-13(9-12)19(20,21)22/h2-5,9-10H,6-8H2,1H3,(H,25,26,28). The summed E-state index contributed by atoms with van der Waals surface area (Å²) in [5.74, 6) is 0.323. The summed E-state index contributed by atoms with van der Waals surface area (Å²) in [6.07, 6.45) is -0.809. The molecule has 0 saturated carbocycles. The molecule has 1 aliphatic rings. The summed E-state index contributed by atoms with van der Waals surface area (Å²) < 4.78 is 43.9. The molecule has 0 bridgehead atoms. The number of aromatic nitrogens is 3. The fourth-order valence-electron chi connectivity index (χ4n) is 3.12. The van der Waals surface area contributed by atoms with Crippen LogP contribution in [0.4, 0.5) is 23.1 Å². The fourth-order valence-corrected chi connectivity index (χ4v) is 3.91. The van der Waals surface area contributed by atoms with Crippen molar-refractivity contribution in [3.63, 3.8) is 0 Å². The highest BCUT2D eigenvalue weighted by Crippen LogP contribution is 2.33. The highest BCUT2D eigenvalue weighted by Gasteiger charge is 2.30. The van der Waals surface area contributed by atoms with E-state index in [1.807, 2.05) is 0 Å². The molecule has 0 fully saturated rings. The summed E-state index contributed by atoms with van der Waals surface area (Å²) in [5, 5.41) is 3.09. The monoisotopic (exact) mass is 435 g/mol. The number of fused-ring (bicyclic) bond motifs is 1. The molecule has 0 aliphatic carbocycles. The number of amides is 2. The Bertz CT molecular complexity index is 1130. The SMILES string of the molecule is COc1ncnc2sc(NC(=O)N3CC=C(c4cccc(C(F)(F)F)c4)CC3)nc12. The zero-order valence-electron chi connectivity index (χ0n) is 15.7. The molecule has 0 saturated heterocycles. The van der Waals surface area contributed by atoms with Gasteiger partial charge in [-0.3, -0.25) is 5.32 Å². The number of carbonyl (C=O) groups excluding carboxylic acids is 1. The number of methoxy groups -OCH3 is 1. The third-order valence-electron chi connectivity index (χ3n) is 4.63. The molecular weight excluding hydrogens is 419 g/mol. The molecular formula is C19H16F3N5O2S. The number of anilines is 1. The van der Waals surface area contributed by atoms with Crippen molar-refractivity contribution >= 4 is 38.4 Å². The van der Waals surface area contributed by atoms with Gasteiger partial charge < -0.3 is 9.64 Å². The second-order valence-corrected chi connectivity index (χ2v) is 7.47. The molecule has 0 atom stereocenters. The van der Waals surface area contributed by atoms with Crippen LogP contribution in [0.3, 0.4) is 0 Å². The van der Waals surface area contributed by atoms with Gasteiger partial charge in [-0.15, -0.1) is 0 Å². The zero-order valence-corrected chi connectivity index (χ0v) is 16.5. The van der Waals surface area contributed by atoms with Crippen molar-refractivity contribution in [3.8, 4) is 5.88 Å². The number of carbonyl (C=O) groups is 1. The summed E-state index contributed by atoms with van der Waals surface area (Å²) in [7, 11) is 1.47. The molecule has 4 rings (SSSR count). The topological polar surface area (TPSA) is 80.2 Å². The van der Waals surface area contributed by atoms with Crippen LogP contribution in [0.2, 0.25) is 0 Å². The maximum Gasteiger partial charge on any atom is 0.416 e. The van der Waals surface area contributed by atoms with Crippen molar-refractivity contribution in [2.24, 2.45) is 0 Å². The molecule has 3 heterocycles. The Labute approximate surface area is 173 Å². The highest BCUT2D eigenvalue weighted by molar-refractivity contribution is 7.22. The van der Waals surface area contributed by atoms with Crippen LogP contribution in [-0.4, -0.2) is 46.1 Å². The van der Waals surface area contributed by atoms with E-state index in [0.717, 1.165) is 17.7 Å². The summed E-state index contributed by atoms with van der Waals surface area (Å²) >= 11 is 1.20. The van der Waals surface area contributed by atoms with Gasteiger partial charge in [-0.05, 0) is 29.7 Å². The molecule has 11 heteroatoms. The van der Waals surface area contributed by atoms with Crippen molar-refractivity contribution in [1.29, 1.82) is 0 Å². The lowest BCUT2D eigenvalue weighted by Crippen LogP contribution is -2.37. The second-order valence-electron chi connectivity index (χ2n) is 6.49. The average molecular weight is 435 g/mol. The lowest BCUT2D eigenvalue weighted by molar-refractivity contribution is -0.137. The van der Waals surface area contributed by atoms with E-state index in [1.54, 1.807) is 17.0 Å². The Morgan fingerprint density at radius 3 is 2.83 bits per heavy atom. The number of urea groups is 1. The largest absolute Gasteiger partial charge is 0.479 e. The smallest absolute Gasteiger partial charge is 0.416 e. The van der Waals surface area contributed by atoms with Crippen molar-refractivity contribution in [1.82, 2.24) is 19.9 Å². The van der Waals surface area contributed by atoms with E-state index >= 15 is 0 Å². The third kappa shape index (κ3) is 4.06. The molecule has 156 valence electrons. The Morgan fingerprint density at radius 1 is 1.30 bits per heavy atom. The molecule has 7 nitrogen and oxygen atoms in total. The van der Waals surface area contributed by atoms with E-state index < -0.39 is 11.7 Å². The summed E-state index contributed by atoms with van der Waals surface area (Å²) in [6.45, 7) is 0.660. The van der Waals surface area contributed by atoms with E-state index in [2.05, 4.69) is 20.3 Å². The number of rotatable bonds is 3. The van der Waals surface area contributed by atoms with Crippen molar-refractivity contribution in [2.75, 3.05) is 25.5 Å². The number of nitrogens with one attached hydrogen (secondary N) is 1. The normalized spacial score (nSPS) is 14.5. The minimum atomic E-state index is -4.39. The summed E-state index contributed by atoms with van der Waals surface area (Å²) in [6, 6.07) is 4.87. The first-order valence-corrected chi connectivity index (χ1v) is 9.75. The van der Waals surface area contributed by atoms with E-state index in [0.29, 0.717) is 39.9 Å². The maximum absolute atomic E-state index is 12.9. The second kappa shape index (κ2) is 7.90. The van der Waals surface area contributed by atoms with Crippen LogP contribution in [0.25, 0.3) is 15.9 Å². The Kier molecular flexibility index (Phi) is 5.29. The molecule has 0 radical (unpaired) electrons. The lowest BCUT2D eigenvalue weighted by Gasteiger charge is -2.26. The molecule has 0 spiro atoms. The van der Waals surface area contributed by atoms with Gasteiger partial charge >= 0.3 is 12.2 Å². The van der Waals surface area contributed by atoms with E-state index in [9.17, 15) is 18.0 Å². The molecule has 2 aromatic heterocycles. The highest BCUT2D eigenvalue weighted by atomic mass is 32.1. The van der Waals surface area contributed by atoms with Gasteiger partial charge in [0, 0.05) is 13.1 Å². The van der Waals surface area contributed by atoms with E-state index in [4.69, 9.17) is 4.74 Å².